The molecule has 2 nitrogen and oxygen atoms in total. The van der Waals surface area contributed by atoms with Crippen LogP contribution >= 0.6 is 11.8 Å². The third-order valence-corrected chi connectivity index (χ3v) is 3.48. The molecule has 0 radical (unpaired) electrons. The number of aliphatic hydroxyl groups excluding tert-OH is 1. The van der Waals surface area contributed by atoms with Crippen LogP contribution in [-0.4, -0.2) is 10.1 Å². The Hall–Kier alpha value is -1.32. The smallest absolute Gasteiger partial charge is 0.101 e. The van der Waals surface area contributed by atoms with E-state index in [2.05, 4.69) is 17.1 Å². The fourth-order valence-corrected chi connectivity index (χ4v) is 2.52. The van der Waals surface area contributed by atoms with E-state index in [9.17, 15) is 5.11 Å². The highest BCUT2D eigenvalue weighted by Gasteiger charge is 2.07. The van der Waals surface area contributed by atoms with E-state index in [0.29, 0.717) is 0 Å². The van der Waals surface area contributed by atoms with Crippen LogP contribution in [0.1, 0.15) is 24.2 Å². The normalized spacial score (nSPS) is 12.4. The van der Waals surface area contributed by atoms with Crippen molar-refractivity contribution in [2.24, 2.45) is 0 Å². The lowest BCUT2D eigenvalue weighted by molar-refractivity contribution is 0.198. The minimum absolute atomic E-state index is 0.460. The SMILES string of the molecule is Cc1cc(Sc2ccccc2)ncc1[C@H](C)O. The van der Waals surface area contributed by atoms with E-state index in [-0.39, 0.29) is 0 Å². The Morgan fingerprint density at radius 2 is 1.94 bits per heavy atom. The molecule has 0 fully saturated rings. The summed E-state index contributed by atoms with van der Waals surface area (Å²) in [5.41, 5.74) is 1.97. The molecule has 0 spiro atoms. The second kappa shape index (κ2) is 5.34. The van der Waals surface area contributed by atoms with Gasteiger partial charge in [0.25, 0.3) is 0 Å². The minimum Gasteiger partial charge on any atom is -0.389 e. The molecular formula is C14H15NOS. The zero-order valence-electron chi connectivity index (χ0n) is 9.92. The van der Waals surface area contributed by atoms with Crippen molar-refractivity contribution in [1.29, 1.82) is 0 Å². The summed E-state index contributed by atoms with van der Waals surface area (Å²) in [5, 5.41) is 10.5. The predicted molar refractivity (Wildman–Crippen MR) is 70.2 cm³/mol. The van der Waals surface area contributed by atoms with Gasteiger partial charge in [0.05, 0.1) is 6.10 Å². The number of hydrogen-bond acceptors (Lipinski definition) is 3. The molecule has 2 aromatic rings. The zero-order chi connectivity index (χ0) is 12.3. The van der Waals surface area contributed by atoms with Gasteiger partial charge in [0.1, 0.15) is 5.03 Å². The van der Waals surface area contributed by atoms with Gasteiger partial charge in [-0.3, -0.25) is 0 Å². The van der Waals surface area contributed by atoms with Gasteiger partial charge in [-0.1, -0.05) is 30.0 Å². The molecule has 0 saturated carbocycles. The van der Waals surface area contributed by atoms with Gasteiger partial charge in [0.15, 0.2) is 0 Å². The monoisotopic (exact) mass is 245 g/mol. The number of benzene rings is 1. The van der Waals surface area contributed by atoms with Gasteiger partial charge in [0, 0.05) is 16.7 Å². The number of aromatic nitrogens is 1. The maximum Gasteiger partial charge on any atom is 0.101 e. The van der Waals surface area contributed by atoms with Crippen molar-refractivity contribution in [3.8, 4) is 0 Å². The molecular weight excluding hydrogens is 230 g/mol. The molecule has 3 heteroatoms. The quantitative estimate of drug-likeness (QED) is 0.897. The summed E-state index contributed by atoms with van der Waals surface area (Å²) < 4.78 is 0. The molecule has 0 amide bonds. The topological polar surface area (TPSA) is 33.1 Å². The summed E-state index contributed by atoms with van der Waals surface area (Å²) in [6, 6.07) is 12.2. The first-order valence-electron chi connectivity index (χ1n) is 5.54. The summed E-state index contributed by atoms with van der Waals surface area (Å²) >= 11 is 1.63. The van der Waals surface area contributed by atoms with E-state index in [1.807, 2.05) is 31.2 Å². The molecule has 1 atom stereocenters. The van der Waals surface area contributed by atoms with E-state index >= 15 is 0 Å². The highest BCUT2D eigenvalue weighted by molar-refractivity contribution is 7.99. The Labute approximate surface area is 106 Å². The molecule has 0 bridgehead atoms. The Morgan fingerprint density at radius 1 is 1.24 bits per heavy atom. The average Bonchev–Trinajstić information content (AvgIpc) is 2.30. The van der Waals surface area contributed by atoms with Crippen molar-refractivity contribution in [2.75, 3.05) is 0 Å². The molecule has 0 aliphatic heterocycles. The van der Waals surface area contributed by atoms with Crippen LogP contribution in [0.15, 0.2) is 52.5 Å². The number of pyridine rings is 1. The maximum absolute atomic E-state index is 9.54. The van der Waals surface area contributed by atoms with Crippen LogP contribution in [0.2, 0.25) is 0 Å². The first-order valence-corrected chi connectivity index (χ1v) is 6.36. The molecule has 1 aromatic carbocycles. The lowest BCUT2D eigenvalue weighted by Gasteiger charge is -2.09. The summed E-state index contributed by atoms with van der Waals surface area (Å²) in [6.45, 7) is 3.76. The number of aryl methyl sites for hydroxylation is 1. The summed E-state index contributed by atoms with van der Waals surface area (Å²) in [4.78, 5) is 5.53. The highest BCUT2D eigenvalue weighted by atomic mass is 32.2. The van der Waals surface area contributed by atoms with Crippen LogP contribution in [0.5, 0.6) is 0 Å². The lowest BCUT2D eigenvalue weighted by Crippen LogP contribution is -1.96. The average molecular weight is 245 g/mol. The third-order valence-electron chi connectivity index (χ3n) is 2.54. The van der Waals surface area contributed by atoms with Crippen molar-refractivity contribution in [3.63, 3.8) is 0 Å². The fraction of sp³-hybridized carbons (Fsp3) is 0.214. The van der Waals surface area contributed by atoms with Gasteiger partial charge in [0.2, 0.25) is 0 Å². The molecule has 17 heavy (non-hydrogen) atoms. The van der Waals surface area contributed by atoms with Gasteiger partial charge in [-0.15, -0.1) is 0 Å². The van der Waals surface area contributed by atoms with E-state index in [0.717, 1.165) is 16.2 Å². The number of aliphatic hydroxyl groups is 1. The van der Waals surface area contributed by atoms with Crippen molar-refractivity contribution in [2.45, 2.75) is 29.9 Å². The van der Waals surface area contributed by atoms with Gasteiger partial charge >= 0.3 is 0 Å². The Bertz CT molecular complexity index is 497. The number of hydrogen-bond donors (Lipinski definition) is 1. The molecule has 0 saturated heterocycles. The van der Waals surface area contributed by atoms with E-state index in [1.54, 1.807) is 24.9 Å². The van der Waals surface area contributed by atoms with Crippen LogP contribution in [-0.2, 0) is 0 Å². The van der Waals surface area contributed by atoms with Crippen molar-refractivity contribution < 1.29 is 5.11 Å². The molecule has 2 rings (SSSR count). The number of nitrogens with zero attached hydrogens (tertiary/aromatic N) is 1. The van der Waals surface area contributed by atoms with Crippen molar-refractivity contribution >= 4 is 11.8 Å². The van der Waals surface area contributed by atoms with Crippen LogP contribution < -0.4 is 0 Å². The Kier molecular flexibility index (Phi) is 3.82. The second-order valence-electron chi connectivity index (χ2n) is 3.97. The molecule has 0 aliphatic rings. The summed E-state index contributed by atoms with van der Waals surface area (Å²) in [7, 11) is 0. The van der Waals surface area contributed by atoms with Crippen LogP contribution in [0, 0.1) is 6.92 Å². The summed E-state index contributed by atoms with van der Waals surface area (Å²) in [6.07, 6.45) is 1.30. The molecule has 88 valence electrons. The minimum atomic E-state index is -0.460. The largest absolute Gasteiger partial charge is 0.389 e. The van der Waals surface area contributed by atoms with Crippen LogP contribution in [0.3, 0.4) is 0 Å². The first-order chi connectivity index (χ1) is 8.16. The molecule has 0 unspecified atom stereocenters. The second-order valence-corrected chi connectivity index (χ2v) is 5.06. The van der Waals surface area contributed by atoms with Crippen LogP contribution in [0.4, 0.5) is 0 Å². The van der Waals surface area contributed by atoms with E-state index < -0.39 is 6.10 Å². The first kappa shape index (κ1) is 12.1. The standard InChI is InChI=1S/C14H15NOS/c1-10-8-14(15-9-13(10)11(2)16)17-12-6-4-3-5-7-12/h3-9,11,16H,1-2H3/t11-/m0/s1. The van der Waals surface area contributed by atoms with Crippen LogP contribution in [0.25, 0.3) is 0 Å². The van der Waals surface area contributed by atoms with E-state index in [1.165, 1.54) is 4.90 Å². The molecule has 1 heterocycles. The fourth-order valence-electron chi connectivity index (χ4n) is 1.64. The maximum atomic E-state index is 9.54. The molecule has 0 aliphatic carbocycles. The Balaban J connectivity index is 2.21. The molecule has 1 aromatic heterocycles. The predicted octanol–water partition coefficient (Wildman–Crippen LogP) is 3.59. The van der Waals surface area contributed by atoms with Gasteiger partial charge in [-0.2, -0.15) is 0 Å². The third kappa shape index (κ3) is 3.08. The number of rotatable bonds is 3. The van der Waals surface area contributed by atoms with Gasteiger partial charge < -0.3 is 5.11 Å². The zero-order valence-corrected chi connectivity index (χ0v) is 10.7. The Morgan fingerprint density at radius 3 is 2.53 bits per heavy atom. The van der Waals surface area contributed by atoms with E-state index in [4.69, 9.17) is 0 Å². The summed E-state index contributed by atoms with van der Waals surface area (Å²) in [5.74, 6) is 0. The van der Waals surface area contributed by atoms with Crippen molar-refractivity contribution in [1.82, 2.24) is 4.98 Å². The van der Waals surface area contributed by atoms with Gasteiger partial charge in [-0.25, -0.2) is 4.98 Å². The molecule has 1 N–H and O–H groups in total. The van der Waals surface area contributed by atoms with Crippen molar-refractivity contribution in [3.05, 3.63) is 53.7 Å². The highest BCUT2D eigenvalue weighted by Crippen LogP contribution is 2.27. The lowest BCUT2D eigenvalue weighted by atomic mass is 10.1. The van der Waals surface area contributed by atoms with Gasteiger partial charge in [-0.05, 0) is 37.6 Å².